The molecule has 0 bridgehead atoms. The number of thiophene rings is 1. The lowest BCUT2D eigenvalue weighted by Crippen LogP contribution is -2.21. The minimum Gasteiger partial charge on any atom is -0.497 e. The van der Waals surface area contributed by atoms with Crippen molar-refractivity contribution in [2.24, 2.45) is 0 Å². The summed E-state index contributed by atoms with van der Waals surface area (Å²) in [4.78, 5) is 20.1. The van der Waals surface area contributed by atoms with Crippen molar-refractivity contribution in [2.45, 2.75) is 32.3 Å². The van der Waals surface area contributed by atoms with Crippen LogP contribution in [0, 0.1) is 6.92 Å². The van der Waals surface area contributed by atoms with Crippen LogP contribution in [-0.4, -0.2) is 22.4 Å². The fourth-order valence-electron chi connectivity index (χ4n) is 2.73. The molecule has 3 rings (SSSR count). The predicted octanol–water partition coefficient (Wildman–Crippen LogP) is 4.44. The molecule has 0 aliphatic heterocycles. The average Bonchev–Trinajstić information content (AvgIpc) is 2.92. The minimum atomic E-state index is 0.00886. The number of rotatable bonds is 5. The molecule has 4 nitrogen and oxygen atoms in total. The Balaban J connectivity index is 2.31. The Morgan fingerprint density at radius 1 is 1.25 bits per heavy atom. The van der Waals surface area contributed by atoms with Gasteiger partial charge in [0.2, 0.25) is 0 Å². The van der Waals surface area contributed by atoms with Crippen LogP contribution >= 0.6 is 23.1 Å². The van der Waals surface area contributed by atoms with Gasteiger partial charge in [-0.2, -0.15) is 0 Å². The highest BCUT2D eigenvalue weighted by molar-refractivity contribution is 7.99. The highest BCUT2D eigenvalue weighted by Gasteiger charge is 2.18. The number of ether oxygens (including phenoxy) is 1. The number of thioether (sulfide) groups is 1. The zero-order valence-electron chi connectivity index (χ0n) is 14.3. The maximum atomic E-state index is 13.2. The number of aryl methyl sites for hydroxylation is 2. The molecule has 0 spiro atoms. The molecule has 0 aliphatic rings. The first-order valence-electron chi connectivity index (χ1n) is 7.92. The largest absolute Gasteiger partial charge is 0.497 e. The maximum absolute atomic E-state index is 13.2. The van der Waals surface area contributed by atoms with Crippen LogP contribution in [0.15, 0.2) is 34.2 Å². The van der Waals surface area contributed by atoms with E-state index in [4.69, 9.17) is 9.72 Å². The lowest BCUT2D eigenvalue weighted by molar-refractivity contribution is 0.414. The number of fused-ring (bicyclic) bond motifs is 1. The van der Waals surface area contributed by atoms with Gasteiger partial charge in [-0.15, -0.1) is 11.3 Å². The molecule has 0 amide bonds. The summed E-state index contributed by atoms with van der Waals surface area (Å²) >= 11 is 3.22. The first-order valence-corrected chi connectivity index (χ1v) is 9.73. The van der Waals surface area contributed by atoms with Crippen LogP contribution in [-0.2, 0) is 6.42 Å². The van der Waals surface area contributed by atoms with Gasteiger partial charge in [-0.3, -0.25) is 9.36 Å². The number of hydrogen-bond donors (Lipinski definition) is 0. The second-order valence-electron chi connectivity index (χ2n) is 5.35. The fourth-order valence-corrected chi connectivity index (χ4v) is 4.63. The predicted molar refractivity (Wildman–Crippen MR) is 102 cm³/mol. The van der Waals surface area contributed by atoms with Crippen LogP contribution in [0.2, 0.25) is 0 Å². The van der Waals surface area contributed by atoms with Gasteiger partial charge in [0, 0.05) is 4.88 Å². The second kappa shape index (κ2) is 6.99. The van der Waals surface area contributed by atoms with E-state index in [1.54, 1.807) is 34.8 Å². The molecule has 24 heavy (non-hydrogen) atoms. The Kier molecular flexibility index (Phi) is 4.96. The summed E-state index contributed by atoms with van der Waals surface area (Å²) in [6, 6.07) is 7.53. The Bertz CT molecular complexity index is 927. The van der Waals surface area contributed by atoms with E-state index >= 15 is 0 Å². The number of nitrogens with zero attached hydrogens (tertiary/aromatic N) is 2. The highest BCUT2D eigenvalue weighted by atomic mass is 32.2. The lowest BCUT2D eigenvalue weighted by atomic mass is 10.2. The van der Waals surface area contributed by atoms with Crippen LogP contribution in [0.25, 0.3) is 15.9 Å². The van der Waals surface area contributed by atoms with Crippen molar-refractivity contribution >= 4 is 33.3 Å². The van der Waals surface area contributed by atoms with E-state index in [1.165, 1.54) is 4.88 Å². The van der Waals surface area contributed by atoms with E-state index < -0.39 is 0 Å². The third-order valence-electron chi connectivity index (χ3n) is 3.96. The van der Waals surface area contributed by atoms with E-state index in [2.05, 4.69) is 13.8 Å². The van der Waals surface area contributed by atoms with Gasteiger partial charge in [0.15, 0.2) is 5.16 Å². The van der Waals surface area contributed by atoms with Crippen LogP contribution in [0.5, 0.6) is 5.75 Å². The normalized spacial score (nSPS) is 11.2. The lowest BCUT2D eigenvalue weighted by Gasteiger charge is -2.12. The Morgan fingerprint density at radius 2 is 1.96 bits per heavy atom. The van der Waals surface area contributed by atoms with Crippen molar-refractivity contribution in [3.63, 3.8) is 0 Å². The fraction of sp³-hybridized carbons (Fsp3) is 0.333. The topological polar surface area (TPSA) is 44.1 Å². The maximum Gasteiger partial charge on any atom is 0.267 e. The van der Waals surface area contributed by atoms with Crippen LogP contribution < -0.4 is 10.3 Å². The zero-order valence-corrected chi connectivity index (χ0v) is 15.9. The molecule has 0 unspecified atom stereocenters. The van der Waals surface area contributed by atoms with E-state index in [0.29, 0.717) is 0 Å². The third-order valence-corrected chi connectivity index (χ3v) is 6.11. The third kappa shape index (κ3) is 2.84. The van der Waals surface area contributed by atoms with Gasteiger partial charge in [-0.25, -0.2) is 4.98 Å². The summed E-state index contributed by atoms with van der Waals surface area (Å²) in [5.74, 6) is 1.63. The van der Waals surface area contributed by atoms with Gasteiger partial charge in [-0.1, -0.05) is 25.6 Å². The molecule has 0 fully saturated rings. The molecule has 6 heteroatoms. The number of methoxy groups -OCH3 is 1. The summed E-state index contributed by atoms with van der Waals surface area (Å²) in [5, 5.41) is 1.48. The minimum absolute atomic E-state index is 0.00886. The summed E-state index contributed by atoms with van der Waals surface area (Å²) in [6.45, 7) is 6.20. The van der Waals surface area contributed by atoms with E-state index in [1.807, 2.05) is 31.2 Å². The number of benzene rings is 1. The first-order chi connectivity index (χ1) is 11.6. The molecule has 2 aromatic heterocycles. The van der Waals surface area contributed by atoms with Crippen molar-refractivity contribution in [3.05, 3.63) is 45.1 Å². The molecule has 0 aliphatic carbocycles. The molecule has 0 saturated carbocycles. The van der Waals surface area contributed by atoms with Gasteiger partial charge in [-0.05, 0) is 48.9 Å². The summed E-state index contributed by atoms with van der Waals surface area (Å²) in [7, 11) is 1.63. The van der Waals surface area contributed by atoms with Gasteiger partial charge in [0.25, 0.3) is 5.56 Å². The monoisotopic (exact) mass is 360 g/mol. The van der Waals surface area contributed by atoms with Crippen molar-refractivity contribution in [1.29, 1.82) is 0 Å². The summed E-state index contributed by atoms with van der Waals surface area (Å²) in [5.41, 5.74) is 1.88. The van der Waals surface area contributed by atoms with E-state index in [9.17, 15) is 4.79 Å². The molecule has 2 heterocycles. The van der Waals surface area contributed by atoms with E-state index in [0.717, 1.165) is 44.5 Å². The van der Waals surface area contributed by atoms with E-state index in [-0.39, 0.29) is 5.56 Å². The number of hydrogen-bond acceptors (Lipinski definition) is 5. The van der Waals surface area contributed by atoms with Gasteiger partial charge >= 0.3 is 0 Å². The summed E-state index contributed by atoms with van der Waals surface area (Å²) in [6.07, 6.45) is 0.922. The van der Waals surface area contributed by atoms with Gasteiger partial charge in [0.1, 0.15) is 10.6 Å². The molecule has 0 saturated heterocycles. The molecule has 126 valence electrons. The molecule has 0 N–H and O–H groups in total. The van der Waals surface area contributed by atoms with Crippen LogP contribution in [0.4, 0.5) is 0 Å². The number of aromatic nitrogens is 2. The molecular weight excluding hydrogens is 340 g/mol. The molecule has 0 radical (unpaired) electrons. The Hall–Kier alpha value is -1.79. The Labute approximate surface area is 149 Å². The highest BCUT2D eigenvalue weighted by Crippen LogP contribution is 2.30. The van der Waals surface area contributed by atoms with Gasteiger partial charge < -0.3 is 4.74 Å². The molecule has 3 aromatic rings. The smallest absolute Gasteiger partial charge is 0.267 e. The second-order valence-corrected chi connectivity index (χ2v) is 7.66. The van der Waals surface area contributed by atoms with Crippen molar-refractivity contribution in [1.82, 2.24) is 9.55 Å². The van der Waals surface area contributed by atoms with Crippen LogP contribution in [0.3, 0.4) is 0 Å². The molecule has 0 atom stereocenters. The Morgan fingerprint density at radius 3 is 2.54 bits per heavy atom. The standard InChI is InChI=1S/C18H20N2O2S2/c1-5-14-11(3)15-16(24-14)19-18(23-6-2)20(17(15)21)12-7-9-13(22-4)10-8-12/h7-10H,5-6H2,1-4H3. The van der Waals surface area contributed by atoms with Crippen molar-refractivity contribution in [2.75, 3.05) is 12.9 Å². The van der Waals surface area contributed by atoms with Crippen molar-refractivity contribution in [3.8, 4) is 11.4 Å². The zero-order chi connectivity index (χ0) is 17.3. The average molecular weight is 361 g/mol. The van der Waals surface area contributed by atoms with Gasteiger partial charge in [0.05, 0.1) is 18.2 Å². The van der Waals surface area contributed by atoms with Crippen LogP contribution in [0.1, 0.15) is 24.3 Å². The summed E-state index contributed by atoms with van der Waals surface area (Å²) < 4.78 is 6.93. The van der Waals surface area contributed by atoms with Crippen molar-refractivity contribution < 1.29 is 4.74 Å². The first kappa shape index (κ1) is 17.0. The molecular formula is C18H20N2O2S2. The molecule has 1 aromatic carbocycles. The SMILES string of the molecule is CCSc1nc2sc(CC)c(C)c2c(=O)n1-c1ccc(OC)cc1. The quantitative estimate of drug-likeness (QED) is 0.498.